The van der Waals surface area contributed by atoms with Gasteiger partial charge in [-0.2, -0.15) is 0 Å². The predicted octanol–water partition coefficient (Wildman–Crippen LogP) is -1.45. The van der Waals surface area contributed by atoms with Crippen molar-refractivity contribution in [3.63, 3.8) is 0 Å². The minimum absolute atomic E-state index is 0.266. The average Bonchev–Trinajstić information content (AvgIpc) is 2.25. The second-order valence-electron chi connectivity index (χ2n) is 3.28. The third-order valence-corrected chi connectivity index (χ3v) is 1.73. The van der Waals surface area contributed by atoms with Gasteiger partial charge in [-0.25, -0.2) is 14.4 Å². The third kappa shape index (κ3) is 6.94. The number of hydrogen-bond donors (Lipinski definition) is 7. The number of carboxylic acids is 3. The molecule has 0 heterocycles. The first-order chi connectivity index (χ1) is 8.93. The van der Waals surface area contributed by atoms with E-state index in [0.29, 0.717) is 0 Å². The van der Waals surface area contributed by atoms with Crippen molar-refractivity contribution in [3.05, 3.63) is 34.9 Å². The molecular weight excluding hydrogens is 316 g/mol. The van der Waals surface area contributed by atoms with Gasteiger partial charge in [-0.3, -0.25) is 0 Å². The maximum absolute atomic E-state index is 10.6. The van der Waals surface area contributed by atoms with Crippen molar-refractivity contribution in [1.82, 2.24) is 0 Å². The molecule has 0 fully saturated rings. The van der Waals surface area contributed by atoms with Crippen LogP contribution < -0.4 is 0 Å². The molecule has 0 unspecified atom stereocenters. The standard InChI is InChI=1S/C9H6O6.4H2O.Ti/c10-7(11)4-1-2-5(8(12)13)6(3-4)9(14)15;;;;;/h1-3H,(H,10,11)(H,12,13)(H,14,15);4*1H2;/q;;;;;+4/p-4. The van der Waals surface area contributed by atoms with Crippen LogP contribution in [0.2, 0.25) is 0 Å². The van der Waals surface area contributed by atoms with Crippen molar-refractivity contribution in [2.24, 2.45) is 0 Å². The first kappa shape index (κ1) is 18.2. The van der Waals surface area contributed by atoms with Gasteiger partial charge in [-0.1, -0.05) is 0 Å². The van der Waals surface area contributed by atoms with Crippen molar-refractivity contribution in [1.29, 1.82) is 0 Å². The van der Waals surface area contributed by atoms with Crippen LogP contribution in [0, 0.1) is 0 Å². The van der Waals surface area contributed by atoms with Gasteiger partial charge in [0.25, 0.3) is 0 Å². The Balaban J connectivity index is 0.000000621. The minimum atomic E-state index is -5.00. The summed E-state index contributed by atoms with van der Waals surface area (Å²) in [5, 5.41) is 25.9. The van der Waals surface area contributed by atoms with E-state index in [1.807, 2.05) is 0 Å². The first-order valence-electron chi connectivity index (χ1n) is 4.67. The molecule has 0 aliphatic rings. The van der Waals surface area contributed by atoms with Gasteiger partial charge in [0.15, 0.2) is 0 Å². The van der Waals surface area contributed by atoms with Gasteiger partial charge in [0.05, 0.1) is 16.7 Å². The van der Waals surface area contributed by atoms with E-state index in [1.165, 1.54) is 0 Å². The van der Waals surface area contributed by atoms with Gasteiger partial charge in [0.1, 0.15) is 0 Å². The van der Waals surface area contributed by atoms with Gasteiger partial charge >= 0.3 is 50.8 Å². The van der Waals surface area contributed by atoms with Gasteiger partial charge in [-0.05, 0) is 18.2 Å². The second kappa shape index (κ2) is 7.10. The number of rotatable bonds is 3. The molecule has 0 atom stereocenters. The molecule has 0 amide bonds. The average molecular weight is 326 g/mol. The molecular formula is C9H10O10Ti. The van der Waals surface area contributed by atoms with Crippen LogP contribution in [0.4, 0.5) is 0 Å². The summed E-state index contributed by atoms with van der Waals surface area (Å²) in [5.74, 6) is -4.20. The molecule has 0 aliphatic heterocycles. The zero-order valence-electron chi connectivity index (χ0n) is 9.59. The summed E-state index contributed by atoms with van der Waals surface area (Å²) in [6, 6.07) is 2.81. The monoisotopic (exact) mass is 326 g/mol. The topological polar surface area (TPSA) is 193 Å². The Morgan fingerprint density at radius 1 is 0.750 bits per heavy atom. The van der Waals surface area contributed by atoms with E-state index < -0.39 is 47.2 Å². The fraction of sp³-hybridized carbons (Fsp3) is 0. The van der Waals surface area contributed by atoms with E-state index in [0.717, 1.165) is 18.2 Å². The normalized spacial score (nSPS) is 10.2. The summed E-state index contributed by atoms with van der Waals surface area (Å²) >= 11 is -5.00. The van der Waals surface area contributed by atoms with E-state index in [1.54, 1.807) is 0 Å². The molecule has 0 aromatic heterocycles. The Bertz CT molecular complexity index is 526. The summed E-state index contributed by atoms with van der Waals surface area (Å²) in [5.41, 5.74) is -1.24. The summed E-state index contributed by atoms with van der Waals surface area (Å²) in [6.45, 7) is 0. The number of carboxylic acid groups (broad SMARTS) is 3. The SMILES string of the molecule is O=C(O)c1ccc(C(=O)O)c(C(=O)O)c1.[OH][Ti]([OH])([OH])[OH]. The molecule has 0 radical (unpaired) electrons. The Morgan fingerprint density at radius 3 is 1.45 bits per heavy atom. The van der Waals surface area contributed by atoms with Crippen LogP contribution in [-0.4, -0.2) is 48.0 Å². The Hall–Kier alpha value is -1.82. The molecule has 11 heteroatoms. The Morgan fingerprint density at radius 2 is 1.15 bits per heavy atom. The second-order valence-corrected chi connectivity index (χ2v) is 5.15. The zero-order chi connectivity index (χ0) is 16.1. The quantitative estimate of drug-likeness (QED) is 0.323. The number of aromatic carboxylic acids is 3. The molecule has 0 spiro atoms. The summed E-state index contributed by atoms with van der Waals surface area (Å²) in [6.07, 6.45) is 0. The van der Waals surface area contributed by atoms with E-state index >= 15 is 0 Å². The van der Waals surface area contributed by atoms with Crippen molar-refractivity contribution >= 4 is 17.9 Å². The zero-order valence-corrected chi connectivity index (χ0v) is 11.1. The van der Waals surface area contributed by atoms with Crippen LogP contribution in [0.3, 0.4) is 0 Å². The first-order valence-corrected chi connectivity index (χ1v) is 7.46. The van der Waals surface area contributed by atoms with Gasteiger partial charge in [0.2, 0.25) is 0 Å². The summed E-state index contributed by atoms with van der Waals surface area (Å²) in [7, 11) is 0. The van der Waals surface area contributed by atoms with Crippen molar-refractivity contribution in [2.75, 3.05) is 0 Å². The number of benzene rings is 1. The van der Waals surface area contributed by atoms with E-state index in [4.69, 9.17) is 30.1 Å². The molecule has 20 heavy (non-hydrogen) atoms. The van der Waals surface area contributed by atoms with Crippen LogP contribution >= 0.6 is 0 Å². The molecule has 0 aliphatic carbocycles. The third-order valence-electron chi connectivity index (χ3n) is 1.73. The fourth-order valence-electron chi connectivity index (χ4n) is 1.04. The maximum atomic E-state index is 10.6. The number of carbonyl (C=O) groups is 3. The molecule has 0 bridgehead atoms. The van der Waals surface area contributed by atoms with E-state index in [-0.39, 0.29) is 5.56 Å². The molecule has 7 N–H and O–H groups in total. The molecule has 110 valence electrons. The fourth-order valence-corrected chi connectivity index (χ4v) is 1.04. The van der Waals surface area contributed by atoms with Crippen LogP contribution in [0.15, 0.2) is 18.2 Å². The molecule has 10 nitrogen and oxygen atoms in total. The van der Waals surface area contributed by atoms with E-state index in [2.05, 4.69) is 0 Å². The van der Waals surface area contributed by atoms with Crippen molar-refractivity contribution in [3.8, 4) is 0 Å². The molecule has 0 saturated carbocycles. The molecule has 1 aromatic rings. The van der Waals surface area contributed by atoms with Gasteiger partial charge < -0.3 is 15.3 Å². The van der Waals surface area contributed by atoms with Crippen LogP contribution in [-0.2, 0) is 18.1 Å². The van der Waals surface area contributed by atoms with Crippen LogP contribution in [0.25, 0.3) is 0 Å². The van der Waals surface area contributed by atoms with Crippen molar-refractivity contribution < 1.29 is 62.6 Å². The van der Waals surface area contributed by atoms with Gasteiger partial charge in [-0.15, -0.1) is 0 Å². The number of hydrogen-bond acceptors (Lipinski definition) is 7. The molecule has 0 saturated heterocycles. The summed E-state index contributed by atoms with van der Waals surface area (Å²) in [4.78, 5) is 31.8. The van der Waals surface area contributed by atoms with Crippen molar-refractivity contribution in [2.45, 2.75) is 0 Å². The summed E-state index contributed by atoms with van der Waals surface area (Å²) < 4.78 is 29.5. The Kier molecular flexibility index (Phi) is 6.45. The Labute approximate surface area is 116 Å². The molecule has 1 aromatic carbocycles. The predicted molar refractivity (Wildman–Crippen MR) is 56.2 cm³/mol. The molecule has 1 rings (SSSR count). The van der Waals surface area contributed by atoms with Gasteiger partial charge in [0, 0.05) is 0 Å². The van der Waals surface area contributed by atoms with Crippen LogP contribution in [0.5, 0.6) is 0 Å². The van der Waals surface area contributed by atoms with E-state index in [9.17, 15) is 14.4 Å². The van der Waals surface area contributed by atoms with Crippen LogP contribution in [0.1, 0.15) is 31.1 Å².